The van der Waals surface area contributed by atoms with Crippen molar-refractivity contribution in [2.45, 2.75) is 26.2 Å². The Morgan fingerprint density at radius 1 is 0.933 bits per heavy atom. The lowest BCUT2D eigenvalue weighted by Crippen LogP contribution is -2.04. The van der Waals surface area contributed by atoms with Crippen molar-refractivity contribution < 1.29 is 14.3 Å². The second-order valence-corrected chi connectivity index (χ2v) is 8.90. The number of halogens is 2. The summed E-state index contributed by atoms with van der Waals surface area (Å²) in [6.07, 6.45) is 2.48. The lowest BCUT2D eigenvalue weighted by Gasteiger charge is -2.06. The van der Waals surface area contributed by atoms with Crippen LogP contribution in [0.3, 0.4) is 0 Å². The van der Waals surface area contributed by atoms with E-state index in [0.29, 0.717) is 32.3 Å². The molecule has 4 aromatic rings. The van der Waals surface area contributed by atoms with Gasteiger partial charge < -0.3 is 9.52 Å². The molecule has 3 nitrogen and oxygen atoms in total. The molecule has 0 amide bonds. The Hall–Kier alpha value is -2.37. The summed E-state index contributed by atoms with van der Waals surface area (Å²) in [5.74, 6) is 0.627. The van der Waals surface area contributed by atoms with E-state index >= 15 is 0 Å². The van der Waals surface area contributed by atoms with E-state index in [-0.39, 0.29) is 11.5 Å². The van der Waals surface area contributed by atoms with Crippen molar-refractivity contribution in [2.75, 3.05) is 0 Å². The summed E-state index contributed by atoms with van der Waals surface area (Å²) in [6.45, 7) is 1.98. The first-order valence-corrected chi connectivity index (χ1v) is 11.4. The van der Waals surface area contributed by atoms with Gasteiger partial charge in [-0.25, -0.2) is 0 Å². The minimum Gasteiger partial charge on any atom is -0.506 e. The number of carbonyl (C=O) groups excluding carboxylic acids is 1. The summed E-state index contributed by atoms with van der Waals surface area (Å²) in [4.78, 5) is 13.3. The molecule has 152 valence electrons. The molecule has 0 aliphatic carbocycles. The highest BCUT2D eigenvalue weighted by molar-refractivity contribution is 9.11. The topological polar surface area (TPSA) is 50.4 Å². The first kappa shape index (κ1) is 20.9. The molecule has 0 fully saturated rings. The van der Waals surface area contributed by atoms with Crippen molar-refractivity contribution in [3.63, 3.8) is 0 Å². The second-order valence-electron chi connectivity index (χ2n) is 7.19. The Morgan fingerprint density at radius 2 is 1.60 bits per heavy atom. The van der Waals surface area contributed by atoms with Crippen LogP contribution in [0.1, 0.15) is 39.7 Å². The summed E-state index contributed by atoms with van der Waals surface area (Å²) in [5.41, 5.74) is 4.28. The molecule has 0 spiro atoms. The molecular weight excluding hydrogens is 508 g/mol. The van der Waals surface area contributed by atoms with E-state index in [1.807, 2.05) is 25.1 Å². The fourth-order valence-electron chi connectivity index (χ4n) is 3.62. The Labute approximate surface area is 192 Å². The zero-order valence-corrected chi connectivity index (χ0v) is 19.6. The number of ketones is 1. The van der Waals surface area contributed by atoms with Gasteiger partial charge in [0.05, 0.1) is 14.5 Å². The highest BCUT2D eigenvalue weighted by Gasteiger charge is 2.22. The molecule has 0 saturated heterocycles. The third-order valence-corrected chi connectivity index (χ3v) is 6.41. The van der Waals surface area contributed by atoms with Gasteiger partial charge in [-0.3, -0.25) is 4.79 Å². The number of aryl methyl sites for hydroxylation is 3. The van der Waals surface area contributed by atoms with Gasteiger partial charge in [0.15, 0.2) is 5.78 Å². The van der Waals surface area contributed by atoms with Gasteiger partial charge in [-0.1, -0.05) is 49.4 Å². The third kappa shape index (κ3) is 4.09. The first-order chi connectivity index (χ1) is 14.5. The lowest BCUT2D eigenvalue weighted by atomic mass is 9.97. The Kier molecular flexibility index (Phi) is 6.11. The standard InChI is InChI=1S/C25H20Br2O3/c1-2-21-23(24(28)17-13-19(26)25(29)20(27)14-17)18-11-10-16(12-22(18)30-21)9-8-15-6-4-3-5-7-15/h3-7,10-14,29H,2,8-9H2,1H3. The van der Waals surface area contributed by atoms with Crippen molar-refractivity contribution in [2.24, 2.45) is 0 Å². The van der Waals surface area contributed by atoms with Crippen LogP contribution in [0.15, 0.2) is 74.0 Å². The molecule has 0 aliphatic heterocycles. The van der Waals surface area contributed by atoms with E-state index in [2.05, 4.69) is 62.2 Å². The van der Waals surface area contributed by atoms with Gasteiger partial charge in [-0.15, -0.1) is 0 Å². The van der Waals surface area contributed by atoms with Crippen molar-refractivity contribution in [3.8, 4) is 5.75 Å². The van der Waals surface area contributed by atoms with Crippen LogP contribution >= 0.6 is 31.9 Å². The zero-order chi connectivity index (χ0) is 21.3. The minimum atomic E-state index is -0.121. The van der Waals surface area contributed by atoms with Gasteiger partial charge in [0.1, 0.15) is 17.1 Å². The highest BCUT2D eigenvalue weighted by Crippen LogP contribution is 2.36. The molecule has 5 heteroatoms. The number of fused-ring (bicyclic) bond motifs is 1. The first-order valence-electron chi connectivity index (χ1n) is 9.79. The van der Waals surface area contributed by atoms with Crippen LogP contribution in [0.25, 0.3) is 11.0 Å². The third-order valence-electron chi connectivity index (χ3n) is 5.20. The predicted octanol–water partition coefficient (Wildman–Crippen LogP) is 7.24. The van der Waals surface area contributed by atoms with Crippen LogP contribution < -0.4 is 0 Å². The number of phenolic OH excluding ortho intramolecular Hbond substituents is 1. The number of aromatic hydroxyl groups is 1. The molecule has 0 aliphatic rings. The normalized spacial score (nSPS) is 11.2. The van der Waals surface area contributed by atoms with Crippen molar-refractivity contribution in [3.05, 3.63) is 97.6 Å². The summed E-state index contributed by atoms with van der Waals surface area (Å²) in [6, 6.07) is 19.7. The molecule has 3 aromatic carbocycles. The molecule has 1 aromatic heterocycles. The maximum Gasteiger partial charge on any atom is 0.197 e. The van der Waals surface area contributed by atoms with Gasteiger partial charge in [-0.05, 0) is 74.0 Å². The van der Waals surface area contributed by atoms with Gasteiger partial charge >= 0.3 is 0 Å². The molecule has 0 saturated carbocycles. The van der Waals surface area contributed by atoms with Crippen LogP contribution in [0.4, 0.5) is 0 Å². The zero-order valence-electron chi connectivity index (χ0n) is 16.4. The monoisotopic (exact) mass is 526 g/mol. The molecule has 0 bridgehead atoms. The van der Waals surface area contributed by atoms with Crippen LogP contribution in [0.5, 0.6) is 5.75 Å². The van der Waals surface area contributed by atoms with E-state index in [4.69, 9.17) is 4.42 Å². The van der Waals surface area contributed by atoms with Gasteiger partial charge in [0.25, 0.3) is 0 Å². The van der Waals surface area contributed by atoms with Crippen LogP contribution in [0.2, 0.25) is 0 Å². The molecule has 0 unspecified atom stereocenters. The molecule has 4 rings (SSSR count). The highest BCUT2D eigenvalue weighted by atomic mass is 79.9. The molecule has 1 N–H and O–H groups in total. The SMILES string of the molecule is CCc1oc2cc(CCc3ccccc3)ccc2c1C(=O)c1cc(Br)c(O)c(Br)c1. The van der Waals surface area contributed by atoms with E-state index in [1.54, 1.807) is 12.1 Å². The number of rotatable bonds is 6. The van der Waals surface area contributed by atoms with E-state index < -0.39 is 0 Å². The Morgan fingerprint density at radius 3 is 2.27 bits per heavy atom. The number of phenols is 1. The lowest BCUT2D eigenvalue weighted by molar-refractivity contribution is 0.103. The average molecular weight is 528 g/mol. The molecular formula is C25H20Br2O3. The minimum absolute atomic E-state index is 0.0716. The molecule has 0 atom stereocenters. The largest absolute Gasteiger partial charge is 0.506 e. The molecule has 1 heterocycles. The second kappa shape index (κ2) is 8.78. The quantitative estimate of drug-likeness (QED) is 0.269. The number of hydrogen-bond donors (Lipinski definition) is 1. The van der Waals surface area contributed by atoms with E-state index in [1.165, 1.54) is 11.1 Å². The summed E-state index contributed by atoms with van der Waals surface area (Å²) < 4.78 is 7.01. The Balaban J connectivity index is 1.69. The summed E-state index contributed by atoms with van der Waals surface area (Å²) in [7, 11) is 0. The maximum atomic E-state index is 13.3. The van der Waals surface area contributed by atoms with Crippen molar-refractivity contribution in [1.82, 2.24) is 0 Å². The fraction of sp³-hybridized carbons (Fsp3) is 0.160. The smallest absolute Gasteiger partial charge is 0.197 e. The summed E-state index contributed by atoms with van der Waals surface area (Å²) in [5, 5.41) is 10.8. The van der Waals surface area contributed by atoms with Crippen LogP contribution in [-0.2, 0) is 19.3 Å². The number of benzene rings is 3. The van der Waals surface area contributed by atoms with E-state index in [9.17, 15) is 9.90 Å². The van der Waals surface area contributed by atoms with Gasteiger partial charge in [0, 0.05) is 17.4 Å². The molecule has 0 radical (unpaired) electrons. The van der Waals surface area contributed by atoms with Crippen molar-refractivity contribution in [1.29, 1.82) is 0 Å². The van der Waals surface area contributed by atoms with Gasteiger partial charge in [-0.2, -0.15) is 0 Å². The summed E-state index contributed by atoms with van der Waals surface area (Å²) >= 11 is 6.61. The maximum absolute atomic E-state index is 13.3. The van der Waals surface area contributed by atoms with Crippen LogP contribution in [0, 0.1) is 0 Å². The number of furan rings is 1. The van der Waals surface area contributed by atoms with Crippen molar-refractivity contribution >= 4 is 48.6 Å². The average Bonchev–Trinajstić information content (AvgIpc) is 3.13. The van der Waals surface area contributed by atoms with Crippen LogP contribution in [-0.4, -0.2) is 10.9 Å². The number of hydrogen-bond acceptors (Lipinski definition) is 3. The predicted molar refractivity (Wildman–Crippen MR) is 126 cm³/mol. The van der Waals surface area contributed by atoms with Gasteiger partial charge in [0.2, 0.25) is 0 Å². The number of carbonyl (C=O) groups is 1. The fourth-order valence-corrected chi connectivity index (χ4v) is 4.81. The van der Waals surface area contributed by atoms with E-state index in [0.717, 1.165) is 23.8 Å². The Bertz CT molecular complexity index is 1200. The molecule has 30 heavy (non-hydrogen) atoms.